The summed E-state index contributed by atoms with van der Waals surface area (Å²) in [7, 11) is 1.74. The molecule has 0 saturated carbocycles. The molecule has 19 heavy (non-hydrogen) atoms. The number of thioether (sulfide) groups is 2. The Bertz CT molecular complexity index is 410. The second-order valence-electron chi connectivity index (χ2n) is 4.20. The summed E-state index contributed by atoms with van der Waals surface area (Å²) in [6, 6.07) is 0. The lowest BCUT2D eigenvalue weighted by Gasteiger charge is -2.23. The lowest BCUT2D eigenvalue weighted by Crippen LogP contribution is -2.42. The highest BCUT2D eigenvalue weighted by Crippen LogP contribution is 2.20. The van der Waals surface area contributed by atoms with E-state index in [-0.39, 0.29) is 47.0 Å². The van der Waals surface area contributed by atoms with E-state index in [9.17, 15) is 19.2 Å². The van der Waals surface area contributed by atoms with Crippen molar-refractivity contribution in [2.75, 3.05) is 38.3 Å². The second kappa shape index (κ2) is 5.93. The van der Waals surface area contributed by atoms with Gasteiger partial charge in [0.05, 0.1) is 18.2 Å². The van der Waals surface area contributed by atoms with Crippen LogP contribution in [0.15, 0.2) is 0 Å². The average molecular weight is 303 g/mol. The molecule has 0 N–H and O–H groups in total. The van der Waals surface area contributed by atoms with E-state index in [1.807, 2.05) is 0 Å². The smallest absolute Gasteiger partial charge is 0.287 e. The van der Waals surface area contributed by atoms with Crippen LogP contribution in [0.25, 0.3) is 0 Å². The van der Waals surface area contributed by atoms with Gasteiger partial charge in [0.25, 0.3) is 10.5 Å². The molecular weight excluding hydrogens is 290 g/mol. The predicted molar refractivity (Wildman–Crippen MR) is 71.8 cm³/mol. The van der Waals surface area contributed by atoms with Gasteiger partial charge in [0.1, 0.15) is 0 Å². The van der Waals surface area contributed by atoms with Crippen molar-refractivity contribution in [3.8, 4) is 0 Å². The average Bonchev–Trinajstić information content (AvgIpc) is 2.84. The van der Waals surface area contributed by atoms with E-state index in [2.05, 4.69) is 0 Å². The van der Waals surface area contributed by atoms with Gasteiger partial charge in [0, 0.05) is 13.1 Å². The van der Waals surface area contributed by atoms with Gasteiger partial charge < -0.3 is 0 Å². The molecule has 2 rings (SSSR count). The van der Waals surface area contributed by atoms with E-state index in [0.717, 1.165) is 23.5 Å². The summed E-state index contributed by atoms with van der Waals surface area (Å²) < 4.78 is 0. The second-order valence-corrected chi connectivity index (χ2v) is 6.05. The normalized spacial score (nSPS) is 20.3. The molecule has 2 aliphatic heterocycles. The first-order valence-electron chi connectivity index (χ1n) is 5.62. The van der Waals surface area contributed by atoms with Crippen LogP contribution in [0.4, 0.5) is 9.59 Å². The maximum absolute atomic E-state index is 11.4. The van der Waals surface area contributed by atoms with Crippen LogP contribution in [0.1, 0.15) is 0 Å². The molecule has 0 aromatic heterocycles. The number of likely N-dealkylation sites (N-methyl/N-ethyl adjacent to an activating group) is 1. The molecule has 0 aromatic carbocycles. The van der Waals surface area contributed by atoms with E-state index in [0.29, 0.717) is 6.54 Å². The van der Waals surface area contributed by atoms with Gasteiger partial charge in [-0.1, -0.05) is 23.5 Å². The summed E-state index contributed by atoms with van der Waals surface area (Å²) in [4.78, 5) is 49.7. The summed E-state index contributed by atoms with van der Waals surface area (Å²) in [5.74, 6) is -0.00710. The van der Waals surface area contributed by atoms with Crippen molar-refractivity contribution in [2.45, 2.75) is 0 Å². The van der Waals surface area contributed by atoms with Crippen molar-refractivity contribution in [3.05, 3.63) is 0 Å². The predicted octanol–water partition coefficient (Wildman–Crippen LogP) is 0.266. The molecule has 104 valence electrons. The van der Waals surface area contributed by atoms with Crippen molar-refractivity contribution in [1.29, 1.82) is 0 Å². The molecule has 2 saturated heterocycles. The molecule has 0 spiro atoms. The SMILES string of the molecule is CN(CCN1C(=O)CSC1=O)CN1C(=O)CSC1=O. The van der Waals surface area contributed by atoms with Gasteiger partial charge in [-0.3, -0.25) is 33.9 Å². The van der Waals surface area contributed by atoms with E-state index < -0.39 is 0 Å². The van der Waals surface area contributed by atoms with Gasteiger partial charge >= 0.3 is 0 Å². The molecule has 2 heterocycles. The summed E-state index contributed by atoms with van der Waals surface area (Å²) >= 11 is 1.98. The fourth-order valence-corrected chi connectivity index (χ4v) is 3.17. The standard InChI is InChI=1S/C10H13N3O4S2/c1-11(6-13-8(15)5-19-10(13)17)2-3-12-7(14)4-18-9(12)16/h2-6H2,1H3. The molecule has 0 aliphatic carbocycles. The Morgan fingerprint density at radius 2 is 1.53 bits per heavy atom. The van der Waals surface area contributed by atoms with Crippen molar-refractivity contribution < 1.29 is 19.2 Å². The van der Waals surface area contributed by atoms with Gasteiger partial charge in [-0.05, 0) is 7.05 Å². The molecule has 0 bridgehead atoms. The Kier molecular flexibility index (Phi) is 4.48. The highest BCUT2D eigenvalue weighted by molar-refractivity contribution is 8.15. The van der Waals surface area contributed by atoms with Crippen LogP contribution in [0.5, 0.6) is 0 Å². The lowest BCUT2D eigenvalue weighted by atomic mass is 10.4. The van der Waals surface area contributed by atoms with Crippen LogP contribution in [0.3, 0.4) is 0 Å². The molecule has 2 aliphatic rings. The van der Waals surface area contributed by atoms with Crippen molar-refractivity contribution in [1.82, 2.24) is 14.7 Å². The highest BCUT2D eigenvalue weighted by Gasteiger charge is 2.32. The summed E-state index contributed by atoms with van der Waals surface area (Å²) in [5, 5.41) is -0.483. The number of carbonyl (C=O) groups is 4. The summed E-state index contributed by atoms with van der Waals surface area (Å²) in [5.41, 5.74) is 0. The first-order chi connectivity index (χ1) is 8.99. The highest BCUT2D eigenvalue weighted by atomic mass is 32.2. The fourth-order valence-electron chi connectivity index (χ4n) is 1.70. The van der Waals surface area contributed by atoms with Crippen LogP contribution >= 0.6 is 23.5 Å². The molecule has 0 unspecified atom stereocenters. The Balaban J connectivity index is 1.80. The number of imide groups is 2. The zero-order chi connectivity index (χ0) is 14.0. The van der Waals surface area contributed by atoms with Crippen LogP contribution in [-0.4, -0.2) is 75.3 Å². The van der Waals surface area contributed by atoms with Crippen LogP contribution in [-0.2, 0) is 9.59 Å². The third kappa shape index (κ3) is 3.28. The quantitative estimate of drug-likeness (QED) is 0.721. The third-order valence-corrected chi connectivity index (χ3v) is 4.49. The van der Waals surface area contributed by atoms with Crippen LogP contribution in [0, 0.1) is 0 Å². The zero-order valence-corrected chi connectivity index (χ0v) is 12.0. The maximum atomic E-state index is 11.4. The minimum absolute atomic E-state index is 0.187. The largest absolute Gasteiger partial charge is 0.289 e. The maximum Gasteiger partial charge on any atom is 0.289 e. The summed E-state index contributed by atoms with van der Waals surface area (Å²) in [6.07, 6.45) is 0. The van der Waals surface area contributed by atoms with E-state index in [4.69, 9.17) is 0 Å². The number of rotatable bonds is 5. The van der Waals surface area contributed by atoms with Gasteiger partial charge in [0.15, 0.2) is 0 Å². The van der Waals surface area contributed by atoms with Gasteiger partial charge in [0.2, 0.25) is 11.8 Å². The van der Waals surface area contributed by atoms with Gasteiger partial charge in [-0.2, -0.15) is 0 Å². The number of amides is 4. The summed E-state index contributed by atoms with van der Waals surface area (Å²) in [6.45, 7) is 0.901. The monoisotopic (exact) mass is 303 g/mol. The molecule has 2 fully saturated rings. The van der Waals surface area contributed by atoms with Crippen molar-refractivity contribution >= 4 is 45.8 Å². The van der Waals surface area contributed by atoms with Crippen LogP contribution in [0.2, 0.25) is 0 Å². The topological polar surface area (TPSA) is 78.0 Å². The molecule has 9 heteroatoms. The lowest BCUT2D eigenvalue weighted by molar-refractivity contribution is -0.127. The minimum atomic E-state index is -0.249. The molecular formula is C10H13N3O4S2. The number of nitrogens with zero attached hydrogens (tertiary/aromatic N) is 3. The van der Waals surface area contributed by atoms with Gasteiger partial charge in [-0.25, -0.2) is 0 Å². The Morgan fingerprint density at radius 1 is 1.00 bits per heavy atom. The molecule has 0 radical (unpaired) electrons. The number of carbonyl (C=O) groups excluding carboxylic acids is 4. The van der Waals surface area contributed by atoms with E-state index in [1.54, 1.807) is 11.9 Å². The van der Waals surface area contributed by atoms with E-state index >= 15 is 0 Å². The zero-order valence-electron chi connectivity index (χ0n) is 10.3. The Labute approximate surface area is 118 Å². The molecule has 0 aromatic rings. The first kappa shape index (κ1) is 14.4. The fraction of sp³-hybridized carbons (Fsp3) is 0.600. The number of hydrogen-bond donors (Lipinski definition) is 0. The molecule has 4 amide bonds. The van der Waals surface area contributed by atoms with E-state index in [1.165, 1.54) is 9.80 Å². The minimum Gasteiger partial charge on any atom is -0.287 e. The first-order valence-corrected chi connectivity index (χ1v) is 7.59. The Hall–Kier alpha value is -1.06. The number of hydrogen-bond acceptors (Lipinski definition) is 7. The van der Waals surface area contributed by atoms with Gasteiger partial charge in [-0.15, -0.1) is 0 Å². The van der Waals surface area contributed by atoms with Crippen molar-refractivity contribution in [2.24, 2.45) is 0 Å². The van der Waals surface area contributed by atoms with Crippen molar-refractivity contribution in [3.63, 3.8) is 0 Å². The third-order valence-electron chi connectivity index (χ3n) is 2.77. The van der Waals surface area contributed by atoms with Crippen LogP contribution < -0.4 is 0 Å². The molecule has 0 atom stereocenters. The molecule has 7 nitrogen and oxygen atoms in total. The Morgan fingerprint density at radius 3 is 2.00 bits per heavy atom.